The third-order valence-corrected chi connectivity index (χ3v) is 2.11. The molecular weight excluding hydrogens is 178 g/mol. The molecule has 1 rings (SSSR count). The molecule has 0 saturated carbocycles. The van der Waals surface area contributed by atoms with Crippen molar-refractivity contribution in [1.82, 2.24) is 15.5 Å². The zero-order valence-corrected chi connectivity index (χ0v) is 9.76. The Kier molecular flexibility index (Phi) is 7.42. The van der Waals surface area contributed by atoms with Crippen molar-refractivity contribution in [3.05, 3.63) is 0 Å². The largest absolute Gasteiger partial charge is 0.359 e. The number of rotatable bonds is 1. The van der Waals surface area contributed by atoms with Crippen LogP contribution in [0, 0.1) is 5.92 Å². The molecule has 4 heteroatoms. The Morgan fingerprint density at radius 3 is 2.00 bits per heavy atom. The van der Waals surface area contributed by atoms with Gasteiger partial charge in [-0.15, -0.1) is 0 Å². The number of nitrogens with zero attached hydrogens (tertiary/aromatic N) is 1. The lowest BCUT2D eigenvalue weighted by Crippen LogP contribution is -2.40. The first-order valence-corrected chi connectivity index (χ1v) is 5.18. The van der Waals surface area contributed by atoms with Crippen LogP contribution in [0.3, 0.4) is 0 Å². The molecule has 1 amide bonds. The van der Waals surface area contributed by atoms with Crippen LogP contribution in [0.5, 0.6) is 0 Å². The fourth-order valence-electron chi connectivity index (χ4n) is 1.07. The van der Waals surface area contributed by atoms with Gasteiger partial charge in [0.15, 0.2) is 0 Å². The van der Waals surface area contributed by atoms with Crippen LogP contribution in [-0.4, -0.2) is 51.1 Å². The van der Waals surface area contributed by atoms with Crippen LogP contribution in [0.25, 0.3) is 0 Å². The molecule has 0 bridgehead atoms. The van der Waals surface area contributed by atoms with E-state index in [4.69, 9.17) is 0 Å². The first-order chi connectivity index (χ1) is 6.57. The number of amides is 1. The van der Waals surface area contributed by atoms with Gasteiger partial charge in [-0.2, -0.15) is 0 Å². The molecule has 0 aromatic carbocycles. The Morgan fingerprint density at radius 1 is 1.36 bits per heavy atom. The number of piperazine rings is 1. The van der Waals surface area contributed by atoms with Crippen LogP contribution in [0.15, 0.2) is 0 Å². The molecule has 1 aliphatic rings. The monoisotopic (exact) mass is 201 g/mol. The van der Waals surface area contributed by atoms with E-state index in [1.54, 1.807) is 7.05 Å². The van der Waals surface area contributed by atoms with Gasteiger partial charge in [0.1, 0.15) is 0 Å². The van der Waals surface area contributed by atoms with Crippen LogP contribution >= 0.6 is 0 Å². The zero-order valence-electron chi connectivity index (χ0n) is 9.76. The number of likely N-dealkylation sites (N-methyl/N-ethyl adjacent to an activating group) is 1. The normalized spacial score (nSPS) is 17.2. The summed E-state index contributed by atoms with van der Waals surface area (Å²) in [5.41, 5.74) is 0. The van der Waals surface area contributed by atoms with E-state index in [1.165, 1.54) is 13.1 Å². The van der Waals surface area contributed by atoms with E-state index in [-0.39, 0.29) is 11.8 Å². The topological polar surface area (TPSA) is 44.4 Å². The lowest BCUT2D eigenvalue weighted by Gasteiger charge is -2.21. The van der Waals surface area contributed by atoms with Crippen LogP contribution in [0.2, 0.25) is 0 Å². The molecule has 0 atom stereocenters. The van der Waals surface area contributed by atoms with Gasteiger partial charge < -0.3 is 15.5 Å². The second kappa shape index (κ2) is 7.76. The van der Waals surface area contributed by atoms with Gasteiger partial charge in [0.2, 0.25) is 5.91 Å². The van der Waals surface area contributed by atoms with Crippen LogP contribution in [-0.2, 0) is 4.79 Å². The van der Waals surface area contributed by atoms with Crippen LogP contribution < -0.4 is 10.6 Å². The van der Waals surface area contributed by atoms with Crippen molar-refractivity contribution in [2.24, 2.45) is 5.92 Å². The molecule has 0 radical (unpaired) electrons. The van der Waals surface area contributed by atoms with E-state index < -0.39 is 0 Å². The Balaban J connectivity index is 0.000000241. The highest BCUT2D eigenvalue weighted by Crippen LogP contribution is 1.87. The van der Waals surface area contributed by atoms with Gasteiger partial charge in [-0.25, -0.2) is 0 Å². The van der Waals surface area contributed by atoms with Gasteiger partial charge in [0.25, 0.3) is 0 Å². The predicted octanol–water partition coefficient (Wildman–Crippen LogP) is -0.0902. The summed E-state index contributed by atoms with van der Waals surface area (Å²) in [5, 5.41) is 5.80. The maximum atomic E-state index is 10.4. The molecule has 2 N–H and O–H groups in total. The van der Waals surface area contributed by atoms with Gasteiger partial charge in [0.05, 0.1) is 0 Å². The van der Waals surface area contributed by atoms with E-state index in [0.717, 1.165) is 13.1 Å². The lowest BCUT2D eigenvalue weighted by atomic mass is 10.2. The SMILES string of the molecule is CN1CCNCC1.CNC(=O)C(C)C. The number of hydrogen-bond acceptors (Lipinski definition) is 3. The minimum absolute atomic E-state index is 0.0972. The average molecular weight is 201 g/mol. The highest BCUT2D eigenvalue weighted by Gasteiger charge is 2.01. The summed E-state index contributed by atoms with van der Waals surface area (Å²) < 4.78 is 0. The highest BCUT2D eigenvalue weighted by molar-refractivity contribution is 5.77. The maximum absolute atomic E-state index is 10.4. The van der Waals surface area contributed by atoms with E-state index in [9.17, 15) is 4.79 Å². The summed E-state index contributed by atoms with van der Waals surface area (Å²) >= 11 is 0. The van der Waals surface area contributed by atoms with E-state index >= 15 is 0 Å². The van der Waals surface area contributed by atoms with Gasteiger partial charge in [-0.05, 0) is 7.05 Å². The van der Waals surface area contributed by atoms with Crippen molar-refractivity contribution in [3.8, 4) is 0 Å². The second-order valence-corrected chi connectivity index (χ2v) is 3.82. The van der Waals surface area contributed by atoms with Gasteiger partial charge in [0, 0.05) is 39.1 Å². The Labute approximate surface area is 87.0 Å². The van der Waals surface area contributed by atoms with E-state index in [2.05, 4.69) is 22.6 Å². The van der Waals surface area contributed by atoms with E-state index in [1.807, 2.05) is 13.8 Å². The fraction of sp³-hybridized carbons (Fsp3) is 0.900. The molecule has 0 unspecified atom stereocenters. The maximum Gasteiger partial charge on any atom is 0.222 e. The molecule has 4 nitrogen and oxygen atoms in total. The summed E-state index contributed by atoms with van der Waals surface area (Å²) in [6, 6.07) is 0. The third kappa shape index (κ3) is 6.86. The van der Waals surface area contributed by atoms with Crippen molar-refractivity contribution >= 4 is 5.91 Å². The number of nitrogens with one attached hydrogen (secondary N) is 2. The summed E-state index contributed by atoms with van der Waals surface area (Å²) in [6.07, 6.45) is 0. The highest BCUT2D eigenvalue weighted by atomic mass is 16.1. The van der Waals surface area contributed by atoms with Crippen molar-refractivity contribution in [2.75, 3.05) is 40.3 Å². The van der Waals surface area contributed by atoms with Gasteiger partial charge in [-0.1, -0.05) is 13.8 Å². The minimum Gasteiger partial charge on any atom is -0.359 e. The zero-order chi connectivity index (χ0) is 11.0. The molecule has 0 aromatic rings. The molecule has 1 aliphatic heterocycles. The molecular formula is C10H23N3O. The second-order valence-electron chi connectivity index (χ2n) is 3.82. The molecule has 84 valence electrons. The average Bonchev–Trinajstić information content (AvgIpc) is 2.18. The Bertz CT molecular complexity index is 153. The van der Waals surface area contributed by atoms with Crippen molar-refractivity contribution in [3.63, 3.8) is 0 Å². The summed E-state index contributed by atoms with van der Waals surface area (Å²) in [4.78, 5) is 12.7. The number of carbonyl (C=O) groups excluding carboxylic acids is 1. The van der Waals surface area contributed by atoms with Gasteiger partial charge in [-0.3, -0.25) is 4.79 Å². The Hall–Kier alpha value is -0.610. The summed E-state index contributed by atoms with van der Waals surface area (Å²) in [6.45, 7) is 8.46. The lowest BCUT2D eigenvalue weighted by molar-refractivity contribution is -0.123. The standard InChI is InChI=1S/C5H12N2.C5H11NO/c1-7-4-2-6-3-5-7;1-4(2)5(7)6-3/h6H,2-5H2,1H3;4H,1-3H3,(H,6,7). The quantitative estimate of drug-likeness (QED) is 0.623. The predicted molar refractivity (Wildman–Crippen MR) is 59.3 cm³/mol. The molecule has 0 aliphatic carbocycles. The van der Waals surface area contributed by atoms with Crippen LogP contribution in [0.1, 0.15) is 13.8 Å². The van der Waals surface area contributed by atoms with Crippen molar-refractivity contribution < 1.29 is 4.79 Å². The molecule has 1 heterocycles. The van der Waals surface area contributed by atoms with E-state index in [0.29, 0.717) is 0 Å². The summed E-state index contributed by atoms with van der Waals surface area (Å²) in [5.74, 6) is 0.213. The van der Waals surface area contributed by atoms with Crippen molar-refractivity contribution in [1.29, 1.82) is 0 Å². The van der Waals surface area contributed by atoms with Gasteiger partial charge >= 0.3 is 0 Å². The van der Waals surface area contributed by atoms with Crippen molar-refractivity contribution in [2.45, 2.75) is 13.8 Å². The Morgan fingerprint density at radius 2 is 1.86 bits per heavy atom. The minimum atomic E-state index is 0.0972. The molecule has 0 spiro atoms. The summed E-state index contributed by atoms with van der Waals surface area (Å²) in [7, 11) is 3.79. The molecule has 1 fully saturated rings. The third-order valence-electron chi connectivity index (χ3n) is 2.11. The molecule has 14 heavy (non-hydrogen) atoms. The smallest absolute Gasteiger partial charge is 0.222 e. The number of hydrogen-bond donors (Lipinski definition) is 2. The number of carbonyl (C=O) groups is 1. The first-order valence-electron chi connectivity index (χ1n) is 5.18. The fourth-order valence-corrected chi connectivity index (χ4v) is 1.07. The molecule has 0 aromatic heterocycles. The first kappa shape index (κ1) is 13.4. The van der Waals surface area contributed by atoms with Crippen LogP contribution in [0.4, 0.5) is 0 Å². The molecule has 1 saturated heterocycles.